The van der Waals surface area contributed by atoms with Gasteiger partial charge in [0.05, 0.1) is 27.8 Å². The van der Waals surface area contributed by atoms with Gasteiger partial charge in [0.15, 0.2) is 17.5 Å². The highest BCUT2D eigenvalue weighted by molar-refractivity contribution is 6.22. The molecule has 0 radical (unpaired) electrons. The number of hydrogen-bond acceptors (Lipinski definition) is 4. The van der Waals surface area contributed by atoms with Crippen molar-refractivity contribution in [2.75, 3.05) is 0 Å². The second-order valence-corrected chi connectivity index (χ2v) is 17.5. The summed E-state index contributed by atoms with van der Waals surface area (Å²) in [5, 5.41) is 6.77. The Balaban J connectivity index is 1.00. The molecule has 4 aromatic heterocycles. The summed E-state index contributed by atoms with van der Waals surface area (Å²) in [5.41, 5.74) is 15.5. The molecule has 0 atom stereocenters. The molecule has 6 heteroatoms. The number of nitrogens with zero attached hydrogens (tertiary/aromatic N) is 5. The molecule has 14 aromatic rings. The van der Waals surface area contributed by atoms with E-state index in [-0.39, 0.29) is 0 Å². The maximum atomic E-state index is 6.38. The van der Waals surface area contributed by atoms with Gasteiger partial charge in [-0.25, -0.2) is 15.0 Å². The van der Waals surface area contributed by atoms with E-state index in [0.717, 1.165) is 77.6 Å². The van der Waals surface area contributed by atoms with Gasteiger partial charge in [0, 0.05) is 54.7 Å². The van der Waals surface area contributed by atoms with Crippen molar-refractivity contribution in [3.63, 3.8) is 0 Å². The third-order valence-electron chi connectivity index (χ3n) is 13.6. The normalized spacial score (nSPS) is 11.8. The molecule has 0 aliphatic carbocycles. The molecule has 0 amide bonds. The molecule has 0 aliphatic heterocycles. The zero-order valence-corrected chi connectivity index (χ0v) is 37.2. The van der Waals surface area contributed by atoms with E-state index < -0.39 is 0 Å². The third-order valence-corrected chi connectivity index (χ3v) is 13.6. The van der Waals surface area contributed by atoms with Crippen LogP contribution in [0, 0.1) is 0 Å². The van der Waals surface area contributed by atoms with Gasteiger partial charge >= 0.3 is 0 Å². The number of rotatable bonds is 7. The van der Waals surface area contributed by atoms with Crippen LogP contribution >= 0.6 is 0 Å². The Morgan fingerprint density at radius 3 is 1.46 bits per heavy atom. The van der Waals surface area contributed by atoms with Gasteiger partial charge in [0.1, 0.15) is 11.2 Å². The summed E-state index contributed by atoms with van der Waals surface area (Å²) in [6.07, 6.45) is 0. The van der Waals surface area contributed by atoms with E-state index in [1.807, 2.05) is 36.4 Å². The highest BCUT2D eigenvalue weighted by atomic mass is 16.3. The molecule has 0 spiro atoms. The Bertz CT molecular complexity index is 4300. The lowest BCUT2D eigenvalue weighted by atomic mass is 9.95. The first-order valence-electron chi connectivity index (χ1n) is 23.3. The van der Waals surface area contributed by atoms with Crippen LogP contribution in [-0.4, -0.2) is 24.1 Å². The van der Waals surface area contributed by atoms with Crippen LogP contribution < -0.4 is 0 Å². The predicted octanol–water partition coefficient (Wildman–Crippen LogP) is 16.3. The van der Waals surface area contributed by atoms with Crippen LogP contribution in [0.1, 0.15) is 0 Å². The van der Waals surface area contributed by atoms with E-state index in [0.29, 0.717) is 17.5 Å². The van der Waals surface area contributed by atoms with Gasteiger partial charge in [-0.05, 0) is 82.9 Å². The second-order valence-electron chi connectivity index (χ2n) is 17.5. The van der Waals surface area contributed by atoms with Crippen molar-refractivity contribution in [1.82, 2.24) is 24.1 Å². The smallest absolute Gasteiger partial charge is 0.166 e. The number of hydrogen-bond donors (Lipinski definition) is 0. The molecule has 0 bridgehead atoms. The van der Waals surface area contributed by atoms with E-state index in [9.17, 15) is 0 Å². The SMILES string of the molecule is c1ccc(-c2ccc(-c3nc(-c4ccccc4-n4c5ccccc5c5c(-c6cccc7c6c6ccccc6n7-c6ccccc6)cccc54)nc(-c4cccc5oc6ccccc6c45)n3)cc2)cc1. The van der Waals surface area contributed by atoms with Gasteiger partial charge < -0.3 is 13.6 Å². The molecule has 69 heavy (non-hydrogen) atoms. The molecular formula is C63H39N5O. The zero-order chi connectivity index (χ0) is 45.4. The highest BCUT2D eigenvalue weighted by Gasteiger charge is 2.24. The molecule has 0 saturated carbocycles. The Kier molecular flexibility index (Phi) is 8.79. The maximum absolute atomic E-state index is 6.38. The topological polar surface area (TPSA) is 61.7 Å². The van der Waals surface area contributed by atoms with Crippen LogP contribution in [0.5, 0.6) is 0 Å². The highest BCUT2D eigenvalue weighted by Crippen LogP contribution is 2.45. The van der Waals surface area contributed by atoms with Crippen molar-refractivity contribution in [3.05, 3.63) is 237 Å². The molecule has 4 heterocycles. The summed E-state index contributed by atoms with van der Waals surface area (Å²) in [4.78, 5) is 16.0. The largest absolute Gasteiger partial charge is 0.456 e. The molecule has 14 rings (SSSR count). The Morgan fingerprint density at radius 1 is 0.275 bits per heavy atom. The summed E-state index contributed by atoms with van der Waals surface area (Å²) >= 11 is 0. The standard InChI is InChI=1S/C63H39N5O/c1-3-18-40(19-4-1)41-36-38-42(39-37-41)61-64-62(66-63(65-61)50-28-17-35-57-60(50)49-25-10-14-34-56(49)69-57)48-24-9-13-31-53(48)68-52-30-12-8-23-47(52)59-45(27-16-33-55(59)68)44-26-15-32-54-58(44)46-22-7-11-29-51(46)67(54)43-20-5-2-6-21-43/h1-39H. The molecule has 0 fully saturated rings. The molecule has 6 nitrogen and oxygen atoms in total. The Morgan fingerprint density at radius 2 is 0.739 bits per heavy atom. The minimum Gasteiger partial charge on any atom is -0.456 e. The van der Waals surface area contributed by atoms with Crippen LogP contribution in [0.2, 0.25) is 0 Å². The van der Waals surface area contributed by atoms with Crippen molar-refractivity contribution in [2.45, 2.75) is 0 Å². The van der Waals surface area contributed by atoms with Crippen LogP contribution in [0.4, 0.5) is 0 Å². The Labute approximate surface area is 396 Å². The maximum Gasteiger partial charge on any atom is 0.166 e. The minimum atomic E-state index is 0.571. The third kappa shape index (κ3) is 6.16. The van der Waals surface area contributed by atoms with E-state index in [4.69, 9.17) is 19.4 Å². The fraction of sp³-hybridized carbons (Fsp3) is 0. The Hall–Kier alpha value is -9.39. The second kappa shape index (κ2) is 15.6. The predicted molar refractivity (Wildman–Crippen MR) is 283 cm³/mol. The molecule has 0 N–H and O–H groups in total. The fourth-order valence-corrected chi connectivity index (χ4v) is 10.6. The minimum absolute atomic E-state index is 0.571. The summed E-state index contributed by atoms with van der Waals surface area (Å²) in [6, 6.07) is 83.3. The number of furan rings is 1. The average Bonchev–Trinajstić information content (AvgIpc) is 4.09. The molecule has 322 valence electrons. The van der Waals surface area contributed by atoms with Crippen molar-refractivity contribution < 1.29 is 4.42 Å². The van der Waals surface area contributed by atoms with E-state index in [1.54, 1.807) is 0 Å². The van der Waals surface area contributed by atoms with E-state index in [1.165, 1.54) is 38.3 Å². The monoisotopic (exact) mass is 881 g/mol. The number of para-hydroxylation sites is 5. The average molecular weight is 882 g/mol. The lowest BCUT2D eigenvalue weighted by Gasteiger charge is -2.15. The van der Waals surface area contributed by atoms with Crippen molar-refractivity contribution in [1.29, 1.82) is 0 Å². The van der Waals surface area contributed by atoms with Crippen LogP contribution in [-0.2, 0) is 0 Å². The van der Waals surface area contributed by atoms with Gasteiger partial charge in [0.25, 0.3) is 0 Å². The van der Waals surface area contributed by atoms with Crippen LogP contribution in [0.15, 0.2) is 241 Å². The van der Waals surface area contributed by atoms with E-state index in [2.05, 4.69) is 209 Å². The van der Waals surface area contributed by atoms with Crippen LogP contribution in [0.3, 0.4) is 0 Å². The quantitative estimate of drug-likeness (QED) is 0.160. The number of fused-ring (bicyclic) bond motifs is 9. The first-order valence-corrected chi connectivity index (χ1v) is 23.3. The summed E-state index contributed by atoms with van der Waals surface area (Å²) in [6.45, 7) is 0. The molecule has 0 aliphatic rings. The van der Waals surface area contributed by atoms with Gasteiger partial charge in [-0.3, -0.25) is 0 Å². The van der Waals surface area contributed by atoms with Gasteiger partial charge in [0.2, 0.25) is 0 Å². The zero-order valence-electron chi connectivity index (χ0n) is 37.2. The molecule has 10 aromatic carbocycles. The van der Waals surface area contributed by atoms with Gasteiger partial charge in [-0.1, -0.05) is 176 Å². The van der Waals surface area contributed by atoms with Crippen molar-refractivity contribution in [2.24, 2.45) is 0 Å². The molecule has 0 unspecified atom stereocenters. The number of aromatic nitrogens is 5. The van der Waals surface area contributed by atoms with E-state index >= 15 is 0 Å². The lowest BCUT2D eigenvalue weighted by molar-refractivity contribution is 0.669. The molecule has 0 saturated heterocycles. The fourth-order valence-electron chi connectivity index (χ4n) is 10.6. The summed E-state index contributed by atoms with van der Waals surface area (Å²) < 4.78 is 11.2. The lowest BCUT2D eigenvalue weighted by Crippen LogP contribution is -2.03. The van der Waals surface area contributed by atoms with Crippen molar-refractivity contribution >= 4 is 65.6 Å². The van der Waals surface area contributed by atoms with Gasteiger partial charge in [-0.2, -0.15) is 0 Å². The first-order chi connectivity index (χ1) is 34.2. The number of benzene rings is 10. The van der Waals surface area contributed by atoms with Crippen LogP contribution in [0.25, 0.3) is 133 Å². The van der Waals surface area contributed by atoms with Crippen molar-refractivity contribution in [3.8, 4) is 67.8 Å². The molecular weight excluding hydrogens is 843 g/mol. The first kappa shape index (κ1) is 38.8. The summed E-state index contributed by atoms with van der Waals surface area (Å²) in [7, 11) is 0. The van der Waals surface area contributed by atoms with Gasteiger partial charge in [-0.15, -0.1) is 0 Å². The summed E-state index contributed by atoms with van der Waals surface area (Å²) in [5.74, 6) is 1.73.